The second kappa shape index (κ2) is 6.88. The summed E-state index contributed by atoms with van der Waals surface area (Å²) in [4.78, 5) is 14.8. The Morgan fingerprint density at radius 1 is 1.23 bits per heavy atom. The van der Waals surface area contributed by atoms with Crippen molar-refractivity contribution in [3.8, 4) is 0 Å². The van der Waals surface area contributed by atoms with Crippen LogP contribution in [0.25, 0.3) is 0 Å². The third kappa shape index (κ3) is 3.48. The monoisotopic (exact) mass is 307 g/mol. The number of hydrogen-bond donors (Lipinski definition) is 2. The van der Waals surface area contributed by atoms with E-state index in [9.17, 15) is 4.79 Å². The van der Waals surface area contributed by atoms with Crippen LogP contribution in [0.1, 0.15) is 58.8 Å². The molecule has 0 aromatic rings. The quantitative estimate of drug-likeness (QED) is 0.818. The number of fused-ring (bicyclic) bond motifs is 2. The lowest BCUT2D eigenvalue weighted by molar-refractivity contribution is -0.124. The third-order valence-electron chi connectivity index (χ3n) is 6.44. The molecule has 3 N–H and O–H groups in total. The Morgan fingerprint density at radius 3 is 2.68 bits per heavy atom. The SMILES string of the molecule is CC(N)C1CCCCN1CC(=O)NC(C)C1CC2CCC1C2. The average Bonchev–Trinajstić information content (AvgIpc) is 3.10. The molecule has 6 unspecified atom stereocenters. The lowest BCUT2D eigenvalue weighted by atomic mass is 9.84. The summed E-state index contributed by atoms with van der Waals surface area (Å²) in [6.07, 6.45) is 9.11. The van der Waals surface area contributed by atoms with Gasteiger partial charge in [-0.25, -0.2) is 0 Å². The molecule has 2 saturated carbocycles. The van der Waals surface area contributed by atoms with Crippen molar-refractivity contribution in [2.24, 2.45) is 23.5 Å². The molecule has 0 spiro atoms. The number of hydrogen-bond acceptors (Lipinski definition) is 3. The minimum Gasteiger partial charge on any atom is -0.352 e. The molecule has 4 nitrogen and oxygen atoms in total. The summed E-state index contributed by atoms with van der Waals surface area (Å²) >= 11 is 0. The van der Waals surface area contributed by atoms with Gasteiger partial charge in [0, 0.05) is 18.1 Å². The van der Waals surface area contributed by atoms with Gasteiger partial charge >= 0.3 is 0 Å². The van der Waals surface area contributed by atoms with Crippen LogP contribution in [0.4, 0.5) is 0 Å². The summed E-state index contributed by atoms with van der Waals surface area (Å²) in [7, 11) is 0. The van der Waals surface area contributed by atoms with Crippen LogP contribution >= 0.6 is 0 Å². The number of nitrogens with zero attached hydrogens (tertiary/aromatic N) is 1. The maximum atomic E-state index is 12.5. The molecule has 2 bridgehead atoms. The van der Waals surface area contributed by atoms with E-state index in [-0.39, 0.29) is 11.9 Å². The molecule has 3 aliphatic rings. The van der Waals surface area contributed by atoms with Crippen LogP contribution in [-0.2, 0) is 4.79 Å². The highest BCUT2D eigenvalue weighted by Gasteiger charge is 2.42. The normalized spacial score (nSPS) is 38.0. The molecule has 4 heteroatoms. The largest absolute Gasteiger partial charge is 0.352 e. The van der Waals surface area contributed by atoms with E-state index in [1.807, 2.05) is 0 Å². The molecule has 2 aliphatic carbocycles. The molecule has 1 amide bonds. The summed E-state index contributed by atoms with van der Waals surface area (Å²) in [6, 6.07) is 0.856. The van der Waals surface area contributed by atoms with E-state index < -0.39 is 0 Å². The maximum absolute atomic E-state index is 12.5. The molecule has 6 atom stereocenters. The van der Waals surface area contributed by atoms with Crippen molar-refractivity contribution < 1.29 is 4.79 Å². The Hall–Kier alpha value is -0.610. The van der Waals surface area contributed by atoms with Gasteiger partial charge in [-0.3, -0.25) is 9.69 Å². The van der Waals surface area contributed by atoms with E-state index >= 15 is 0 Å². The molecule has 3 rings (SSSR count). The zero-order valence-corrected chi connectivity index (χ0v) is 14.3. The zero-order chi connectivity index (χ0) is 15.7. The van der Waals surface area contributed by atoms with Gasteiger partial charge < -0.3 is 11.1 Å². The number of carbonyl (C=O) groups excluding carboxylic acids is 1. The van der Waals surface area contributed by atoms with Crippen molar-refractivity contribution in [1.29, 1.82) is 0 Å². The van der Waals surface area contributed by atoms with E-state index in [1.54, 1.807) is 0 Å². The van der Waals surface area contributed by atoms with Gasteiger partial charge in [0.05, 0.1) is 6.54 Å². The van der Waals surface area contributed by atoms with Crippen LogP contribution in [0.3, 0.4) is 0 Å². The van der Waals surface area contributed by atoms with Crippen molar-refractivity contribution in [3.63, 3.8) is 0 Å². The Balaban J connectivity index is 1.49. The van der Waals surface area contributed by atoms with Crippen LogP contribution in [0.15, 0.2) is 0 Å². The standard InChI is InChI=1S/C18H33N3O/c1-12(19)17-5-3-4-8-21(17)11-18(22)20-13(2)16-10-14-6-7-15(16)9-14/h12-17H,3-11,19H2,1-2H3,(H,20,22). The minimum atomic E-state index is 0.149. The highest BCUT2D eigenvalue weighted by Crippen LogP contribution is 2.49. The fourth-order valence-corrected chi connectivity index (χ4v) is 5.31. The first-order valence-electron chi connectivity index (χ1n) is 9.33. The van der Waals surface area contributed by atoms with E-state index in [4.69, 9.17) is 5.73 Å². The number of amides is 1. The first kappa shape index (κ1) is 16.3. The molecular formula is C18H33N3O. The molecule has 0 aromatic carbocycles. The van der Waals surface area contributed by atoms with Crippen molar-refractivity contribution in [3.05, 3.63) is 0 Å². The number of carbonyl (C=O) groups is 1. The molecule has 0 radical (unpaired) electrons. The Labute approximate surface area is 135 Å². The molecule has 22 heavy (non-hydrogen) atoms. The van der Waals surface area contributed by atoms with Crippen LogP contribution in [0, 0.1) is 17.8 Å². The highest BCUT2D eigenvalue weighted by atomic mass is 16.2. The van der Waals surface area contributed by atoms with Crippen LogP contribution in [-0.4, -0.2) is 42.0 Å². The van der Waals surface area contributed by atoms with Crippen molar-refractivity contribution in [2.45, 2.75) is 76.9 Å². The number of nitrogens with two attached hydrogens (primary N) is 1. The molecule has 3 fully saturated rings. The first-order valence-corrected chi connectivity index (χ1v) is 9.33. The van der Waals surface area contributed by atoms with E-state index in [0.717, 1.165) is 24.8 Å². The van der Waals surface area contributed by atoms with Gasteiger partial charge in [0.15, 0.2) is 0 Å². The zero-order valence-electron chi connectivity index (χ0n) is 14.3. The molecule has 1 saturated heterocycles. The topological polar surface area (TPSA) is 58.4 Å². The Kier molecular flexibility index (Phi) is 5.08. The van der Waals surface area contributed by atoms with Gasteiger partial charge in [-0.15, -0.1) is 0 Å². The van der Waals surface area contributed by atoms with Crippen LogP contribution in [0.2, 0.25) is 0 Å². The van der Waals surface area contributed by atoms with Gasteiger partial charge in [0.2, 0.25) is 5.91 Å². The predicted molar refractivity (Wildman–Crippen MR) is 89.4 cm³/mol. The molecule has 1 heterocycles. The van der Waals surface area contributed by atoms with Gasteiger partial charge in [0.25, 0.3) is 0 Å². The van der Waals surface area contributed by atoms with E-state index in [2.05, 4.69) is 24.1 Å². The number of likely N-dealkylation sites (tertiary alicyclic amines) is 1. The lowest BCUT2D eigenvalue weighted by Crippen LogP contribution is -2.53. The molecular weight excluding hydrogens is 274 g/mol. The van der Waals surface area contributed by atoms with Crippen molar-refractivity contribution in [1.82, 2.24) is 10.2 Å². The summed E-state index contributed by atoms with van der Waals surface area (Å²) in [6.45, 7) is 5.82. The second-order valence-corrected chi connectivity index (χ2v) is 8.09. The summed E-state index contributed by atoms with van der Waals surface area (Å²) in [5.41, 5.74) is 6.10. The first-order chi connectivity index (χ1) is 10.5. The van der Waals surface area contributed by atoms with Gasteiger partial charge in [-0.1, -0.05) is 12.8 Å². The predicted octanol–water partition coefficient (Wildman–Crippen LogP) is 2.13. The highest BCUT2D eigenvalue weighted by molar-refractivity contribution is 5.78. The Bertz CT molecular complexity index is 398. The van der Waals surface area contributed by atoms with Gasteiger partial charge in [-0.05, 0) is 70.3 Å². The van der Waals surface area contributed by atoms with Crippen LogP contribution < -0.4 is 11.1 Å². The molecule has 0 aromatic heterocycles. The number of nitrogens with one attached hydrogen (secondary N) is 1. The van der Waals surface area contributed by atoms with Crippen molar-refractivity contribution >= 4 is 5.91 Å². The lowest BCUT2D eigenvalue weighted by Gasteiger charge is -2.38. The summed E-state index contributed by atoms with van der Waals surface area (Å²) < 4.78 is 0. The summed E-state index contributed by atoms with van der Waals surface area (Å²) in [5, 5.41) is 3.29. The molecule has 126 valence electrons. The van der Waals surface area contributed by atoms with Crippen LogP contribution in [0.5, 0.6) is 0 Å². The smallest absolute Gasteiger partial charge is 0.234 e. The average molecular weight is 307 g/mol. The second-order valence-electron chi connectivity index (χ2n) is 8.09. The van der Waals surface area contributed by atoms with E-state index in [1.165, 1.54) is 38.5 Å². The fraction of sp³-hybridized carbons (Fsp3) is 0.944. The third-order valence-corrected chi connectivity index (χ3v) is 6.44. The van der Waals surface area contributed by atoms with Gasteiger partial charge in [-0.2, -0.15) is 0 Å². The van der Waals surface area contributed by atoms with Gasteiger partial charge in [0.1, 0.15) is 0 Å². The number of piperidine rings is 1. The fourth-order valence-electron chi connectivity index (χ4n) is 5.31. The van der Waals surface area contributed by atoms with E-state index in [0.29, 0.717) is 24.5 Å². The van der Waals surface area contributed by atoms with Crippen molar-refractivity contribution in [2.75, 3.05) is 13.1 Å². The molecule has 1 aliphatic heterocycles. The number of rotatable bonds is 5. The Morgan fingerprint density at radius 2 is 2.05 bits per heavy atom. The summed E-state index contributed by atoms with van der Waals surface area (Å²) in [5.74, 6) is 2.72. The maximum Gasteiger partial charge on any atom is 0.234 e. The minimum absolute atomic E-state index is 0.149.